The van der Waals surface area contributed by atoms with E-state index in [0.29, 0.717) is 12.2 Å². The van der Waals surface area contributed by atoms with Crippen molar-refractivity contribution in [3.05, 3.63) is 47.5 Å². The Hall–Kier alpha value is -2.90. The third kappa shape index (κ3) is 5.87. The van der Waals surface area contributed by atoms with Gasteiger partial charge in [-0.2, -0.15) is 0 Å². The number of H-pyrrole nitrogens is 1. The summed E-state index contributed by atoms with van der Waals surface area (Å²) in [6.07, 6.45) is 0.0475. The summed E-state index contributed by atoms with van der Waals surface area (Å²) < 4.78 is 10.1. The lowest BCUT2D eigenvalue weighted by molar-refractivity contribution is 0.0512. The molecule has 26 heavy (non-hydrogen) atoms. The third-order valence-corrected chi connectivity index (χ3v) is 3.51. The molecule has 0 unspecified atom stereocenters. The van der Waals surface area contributed by atoms with Crippen LogP contribution in [0.15, 0.2) is 30.3 Å². The maximum atomic E-state index is 12.1. The fourth-order valence-corrected chi connectivity index (χ4v) is 2.34. The van der Waals surface area contributed by atoms with Crippen LogP contribution in [-0.2, 0) is 16.1 Å². The first-order valence-electron chi connectivity index (χ1n) is 8.56. The van der Waals surface area contributed by atoms with Gasteiger partial charge in [0.1, 0.15) is 6.61 Å². The SMILES string of the molecule is CCOC(=O)c1nnc([C@H](CC(C)C)NC(=O)OCc2ccccc2)[nH]1. The molecule has 0 radical (unpaired) electrons. The Labute approximate surface area is 152 Å². The van der Waals surface area contributed by atoms with Gasteiger partial charge < -0.3 is 19.8 Å². The normalized spacial score (nSPS) is 11.8. The highest BCUT2D eigenvalue weighted by atomic mass is 16.5. The standard InChI is InChI=1S/C18H24N4O4/c1-4-25-17(23)16-20-15(21-22-16)14(10-12(2)3)19-18(24)26-11-13-8-6-5-7-9-13/h5-9,12,14H,4,10-11H2,1-3H3,(H,19,24)(H,20,21,22)/t14-/m0/s1. The van der Waals surface area contributed by atoms with E-state index in [1.54, 1.807) is 6.92 Å². The molecule has 1 amide bonds. The van der Waals surface area contributed by atoms with Gasteiger partial charge in [-0.25, -0.2) is 9.59 Å². The van der Waals surface area contributed by atoms with Gasteiger partial charge in [-0.3, -0.25) is 0 Å². The highest BCUT2D eigenvalue weighted by Gasteiger charge is 2.23. The summed E-state index contributed by atoms with van der Waals surface area (Å²) in [4.78, 5) is 26.7. The molecule has 140 valence electrons. The molecule has 1 atom stereocenters. The number of hydrogen-bond donors (Lipinski definition) is 2. The summed E-state index contributed by atoms with van der Waals surface area (Å²) in [6, 6.07) is 8.96. The minimum absolute atomic E-state index is 0.00931. The van der Waals surface area contributed by atoms with Gasteiger partial charge in [0.15, 0.2) is 5.82 Å². The van der Waals surface area contributed by atoms with Crippen LogP contribution in [0.1, 0.15) is 55.2 Å². The molecular formula is C18H24N4O4. The monoisotopic (exact) mass is 360 g/mol. The predicted octanol–water partition coefficient (Wildman–Crippen LogP) is 3.00. The van der Waals surface area contributed by atoms with Crippen molar-refractivity contribution >= 4 is 12.1 Å². The summed E-state index contributed by atoms with van der Waals surface area (Å²) in [5.74, 6) is 0.0974. The van der Waals surface area contributed by atoms with E-state index in [4.69, 9.17) is 9.47 Å². The molecule has 0 aliphatic heterocycles. The Kier molecular flexibility index (Phi) is 7.13. The predicted molar refractivity (Wildman–Crippen MR) is 94.3 cm³/mol. The zero-order valence-corrected chi connectivity index (χ0v) is 15.2. The van der Waals surface area contributed by atoms with Crippen LogP contribution < -0.4 is 5.32 Å². The molecule has 1 aromatic carbocycles. The molecule has 0 aliphatic carbocycles. The van der Waals surface area contributed by atoms with E-state index in [9.17, 15) is 9.59 Å². The molecule has 8 nitrogen and oxygen atoms in total. The topological polar surface area (TPSA) is 106 Å². The summed E-state index contributed by atoms with van der Waals surface area (Å²) in [7, 11) is 0. The molecule has 0 spiro atoms. The number of rotatable bonds is 8. The van der Waals surface area contributed by atoms with E-state index >= 15 is 0 Å². The number of amides is 1. The largest absolute Gasteiger partial charge is 0.460 e. The minimum Gasteiger partial charge on any atom is -0.460 e. The Bertz CT molecular complexity index is 715. The number of carbonyl (C=O) groups is 2. The van der Waals surface area contributed by atoms with Crippen LogP contribution in [0.5, 0.6) is 0 Å². The minimum atomic E-state index is -0.582. The quantitative estimate of drug-likeness (QED) is 0.701. The summed E-state index contributed by atoms with van der Waals surface area (Å²) in [6.45, 7) is 6.17. The van der Waals surface area contributed by atoms with E-state index in [-0.39, 0.29) is 25.0 Å². The summed E-state index contributed by atoms with van der Waals surface area (Å²) in [5.41, 5.74) is 0.896. The molecule has 1 aromatic heterocycles. The number of aromatic amines is 1. The van der Waals surface area contributed by atoms with Crippen molar-refractivity contribution in [1.82, 2.24) is 20.5 Å². The average Bonchev–Trinajstić information content (AvgIpc) is 3.10. The Morgan fingerprint density at radius 1 is 1.15 bits per heavy atom. The molecule has 0 saturated carbocycles. The number of carbonyl (C=O) groups excluding carboxylic acids is 2. The van der Waals surface area contributed by atoms with Gasteiger partial charge in [-0.1, -0.05) is 44.2 Å². The van der Waals surface area contributed by atoms with Crippen molar-refractivity contribution in [3.8, 4) is 0 Å². The van der Waals surface area contributed by atoms with Gasteiger partial charge in [-0.15, -0.1) is 10.2 Å². The fourth-order valence-electron chi connectivity index (χ4n) is 2.34. The van der Waals surface area contributed by atoms with Gasteiger partial charge in [-0.05, 0) is 24.8 Å². The molecular weight excluding hydrogens is 336 g/mol. The Balaban J connectivity index is 2.00. The van der Waals surface area contributed by atoms with E-state index in [2.05, 4.69) is 20.5 Å². The van der Waals surface area contributed by atoms with Crippen molar-refractivity contribution in [2.75, 3.05) is 6.61 Å². The second-order valence-electron chi connectivity index (χ2n) is 6.17. The maximum absolute atomic E-state index is 12.1. The number of esters is 1. The van der Waals surface area contributed by atoms with Crippen molar-refractivity contribution in [3.63, 3.8) is 0 Å². The Morgan fingerprint density at radius 2 is 1.88 bits per heavy atom. The fraction of sp³-hybridized carbons (Fsp3) is 0.444. The van der Waals surface area contributed by atoms with Crippen LogP contribution in [0, 0.1) is 5.92 Å². The number of benzene rings is 1. The average molecular weight is 360 g/mol. The van der Waals surface area contributed by atoms with Crippen molar-refractivity contribution in [2.45, 2.75) is 39.8 Å². The maximum Gasteiger partial charge on any atom is 0.408 e. The number of alkyl carbamates (subject to hydrolysis) is 1. The zero-order valence-electron chi connectivity index (χ0n) is 15.2. The van der Waals surface area contributed by atoms with Crippen LogP contribution >= 0.6 is 0 Å². The first-order chi connectivity index (χ1) is 12.5. The summed E-state index contributed by atoms with van der Waals surface area (Å²) >= 11 is 0. The van der Waals surface area contributed by atoms with E-state index in [1.807, 2.05) is 44.2 Å². The number of nitrogens with one attached hydrogen (secondary N) is 2. The second-order valence-corrected chi connectivity index (χ2v) is 6.17. The van der Waals surface area contributed by atoms with E-state index in [1.165, 1.54) is 0 Å². The highest BCUT2D eigenvalue weighted by molar-refractivity contribution is 5.84. The molecule has 0 bridgehead atoms. The molecule has 2 rings (SSSR count). The third-order valence-electron chi connectivity index (χ3n) is 3.51. The van der Waals surface area contributed by atoms with Crippen molar-refractivity contribution in [2.24, 2.45) is 5.92 Å². The van der Waals surface area contributed by atoms with Crippen molar-refractivity contribution < 1.29 is 19.1 Å². The number of aromatic nitrogens is 3. The molecule has 2 N–H and O–H groups in total. The van der Waals surface area contributed by atoms with Gasteiger partial charge in [0.05, 0.1) is 12.6 Å². The number of nitrogens with zero attached hydrogens (tertiary/aromatic N) is 2. The van der Waals surface area contributed by atoms with Crippen LogP contribution in [0.25, 0.3) is 0 Å². The molecule has 8 heteroatoms. The van der Waals surface area contributed by atoms with Crippen LogP contribution in [0.2, 0.25) is 0 Å². The first kappa shape index (κ1) is 19.4. The lowest BCUT2D eigenvalue weighted by Gasteiger charge is -2.18. The smallest absolute Gasteiger partial charge is 0.408 e. The first-order valence-corrected chi connectivity index (χ1v) is 8.56. The van der Waals surface area contributed by atoms with Gasteiger partial charge in [0.2, 0.25) is 5.82 Å². The van der Waals surface area contributed by atoms with Gasteiger partial charge >= 0.3 is 12.1 Å². The highest BCUT2D eigenvalue weighted by Crippen LogP contribution is 2.18. The van der Waals surface area contributed by atoms with Crippen LogP contribution in [0.4, 0.5) is 4.79 Å². The lowest BCUT2D eigenvalue weighted by atomic mass is 10.0. The van der Waals surface area contributed by atoms with Gasteiger partial charge in [0, 0.05) is 0 Å². The lowest BCUT2D eigenvalue weighted by Crippen LogP contribution is -2.30. The molecule has 0 fully saturated rings. The summed E-state index contributed by atoms with van der Waals surface area (Å²) in [5, 5.41) is 10.5. The van der Waals surface area contributed by atoms with E-state index in [0.717, 1.165) is 5.56 Å². The van der Waals surface area contributed by atoms with E-state index < -0.39 is 18.1 Å². The molecule has 1 heterocycles. The Morgan fingerprint density at radius 3 is 2.54 bits per heavy atom. The number of hydrogen-bond acceptors (Lipinski definition) is 6. The van der Waals surface area contributed by atoms with Crippen molar-refractivity contribution in [1.29, 1.82) is 0 Å². The zero-order chi connectivity index (χ0) is 18.9. The molecule has 2 aromatic rings. The second kappa shape index (κ2) is 9.55. The van der Waals surface area contributed by atoms with Crippen LogP contribution in [0.3, 0.4) is 0 Å². The number of ether oxygens (including phenoxy) is 2. The van der Waals surface area contributed by atoms with Crippen LogP contribution in [-0.4, -0.2) is 33.9 Å². The molecule has 0 saturated heterocycles. The van der Waals surface area contributed by atoms with Gasteiger partial charge in [0.25, 0.3) is 0 Å². The molecule has 0 aliphatic rings.